The van der Waals surface area contributed by atoms with Crippen molar-refractivity contribution in [1.82, 2.24) is 0 Å². The zero-order valence-electron chi connectivity index (χ0n) is 19.6. The molecule has 0 bridgehead atoms. The van der Waals surface area contributed by atoms with Crippen molar-refractivity contribution in [3.05, 3.63) is 41.5 Å². The van der Waals surface area contributed by atoms with E-state index >= 15 is 4.39 Å². The van der Waals surface area contributed by atoms with Crippen LogP contribution >= 0.6 is 0 Å². The molecule has 184 valence electrons. The number of hydrogen-bond acceptors (Lipinski definition) is 5. The number of carbonyl (C=O) groups is 2. The lowest BCUT2D eigenvalue weighted by atomic mass is 9.49. The van der Waals surface area contributed by atoms with Crippen molar-refractivity contribution in [2.24, 2.45) is 40.1 Å². The van der Waals surface area contributed by atoms with Crippen LogP contribution in [0.1, 0.15) is 62.7 Å². The highest BCUT2D eigenvalue weighted by Crippen LogP contribution is 2.64. The highest BCUT2D eigenvalue weighted by molar-refractivity contribution is 7.89. The molecule has 0 aliphatic heterocycles. The summed E-state index contributed by atoms with van der Waals surface area (Å²) in [5, 5.41) is 5.20. The fourth-order valence-electron chi connectivity index (χ4n) is 7.72. The van der Waals surface area contributed by atoms with Gasteiger partial charge in [-0.3, -0.25) is 4.79 Å². The molecule has 8 atom stereocenters. The van der Waals surface area contributed by atoms with Gasteiger partial charge >= 0.3 is 5.97 Å². The number of halogens is 1. The number of hydrogen-bond donors (Lipinski definition) is 1. The van der Waals surface area contributed by atoms with Gasteiger partial charge in [0.05, 0.1) is 10.5 Å². The van der Waals surface area contributed by atoms with Crippen LogP contribution in [0.2, 0.25) is 0 Å². The van der Waals surface area contributed by atoms with Crippen molar-refractivity contribution in [3.8, 4) is 0 Å². The first-order valence-electron chi connectivity index (χ1n) is 12.2. The van der Waals surface area contributed by atoms with Gasteiger partial charge in [0, 0.05) is 17.8 Å². The third-order valence-corrected chi connectivity index (χ3v) is 10.0. The Morgan fingerprint density at radius 2 is 1.97 bits per heavy atom. The minimum Gasteiger partial charge on any atom is -0.458 e. The molecule has 0 aromatic heterocycles. The second-order valence-corrected chi connectivity index (χ2v) is 12.6. The molecule has 4 aliphatic carbocycles. The minimum absolute atomic E-state index is 0.0814. The quantitative estimate of drug-likeness (QED) is 0.641. The number of primary sulfonamides is 1. The first-order chi connectivity index (χ1) is 16.0. The molecule has 1 aromatic rings. The summed E-state index contributed by atoms with van der Waals surface area (Å²) in [4.78, 5) is 24.8. The Hall–Kier alpha value is -2.06. The van der Waals surface area contributed by atoms with Crippen molar-refractivity contribution < 1.29 is 27.1 Å². The predicted molar refractivity (Wildman–Crippen MR) is 124 cm³/mol. The molecule has 0 spiro atoms. The largest absolute Gasteiger partial charge is 0.458 e. The maximum absolute atomic E-state index is 15.9. The standard InChI is InChI=1S/C26H32FNO5S/c1-14-10-16-11-17(29)6-7-19(16)24-21(27)13-26(2)20(23(14)24)8-9-22(26)33-25(30)15-4-3-5-18(12-15)34(28,31)32/h3-5,11-12,14,19-24H,6-10,13H2,1-2H3,(H2,28,31,32)/t14-,19?,20?,21+,22+,23?,24?,26+/m1/s1. The summed E-state index contributed by atoms with van der Waals surface area (Å²) >= 11 is 0. The molecule has 4 unspecified atom stereocenters. The molecule has 5 rings (SSSR count). The average molecular weight is 490 g/mol. The topological polar surface area (TPSA) is 104 Å². The maximum Gasteiger partial charge on any atom is 0.338 e. The highest BCUT2D eigenvalue weighted by atomic mass is 32.2. The fraction of sp³-hybridized carbons (Fsp3) is 0.615. The van der Waals surface area contributed by atoms with Crippen LogP contribution < -0.4 is 5.14 Å². The van der Waals surface area contributed by atoms with E-state index in [1.807, 2.05) is 0 Å². The van der Waals surface area contributed by atoms with Gasteiger partial charge in [-0.1, -0.05) is 25.5 Å². The number of sulfonamides is 1. The van der Waals surface area contributed by atoms with Crippen molar-refractivity contribution in [3.63, 3.8) is 0 Å². The molecule has 4 aliphatic rings. The van der Waals surface area contributed by atoms with Crippen molar-refractivity contribution in [2.75, 3.05) is 0 Å². The Labute approximate surface area is 200 Å². The Balaban J connectivity index is 1.39. The van der Waals surface area contributed by atoms with Gasteiger partial charge in [0.25, 0.3) is 0 Å². The predicted octanol–water partition coefficient (Wildman–Crippen LogP) is 4.20. The van der Waals surface area contributed by atoms with Crippen molar-refractivity contribution in [2.45, 2.75) is 69.5 Å². The molecule has 3 saturated carbocycles. The summed E-state index contributed by atoms with van der Waals surface area (Å²) in [5.74, 6) is 0.311. The minimum atomic E-state index is -3.94. The van der Waals surface area contributed by atoms with Gasteiger partial charge in [0.1, 0.15) is 12.3 Å². The maximum atomic E-state index is 15.9. The van der Waals surface area contributed by atoms with Crippen LogP contribution in [0.15, 0.2) is 40.8 Å². The second kappa shape index (κ2) is 8.26. The Morgan fingerprint density at radius 3 is 2.71 bits per heavy atom. The van der Waals surface area contributed by atoms with Crippen LogP contribution in [0.3, 0.4) is 0 Å². The lowest BCUT2D eigenvalue weighted by Crippen LogP contribution is -2.55. The first-order valence-corrected chi connectivity index (χ1v) is 13.7. The number of nitrogens with two attached hydrogens (primary N) is 1. The highest BCUT2D eigenvalue weighted by Gasteiger charge is 2.62. The van der Waals surface area contributed by atoms with Gasteiger partial charge < -0.3 is 4.74 Å². The lowest BCUT2D eigenvalue weighted by Gasteiger charge is -2.56. The monoisotopic (exact) mass is 489 g/mol. The summed E-state index contributed by atoms with van der Waals surface area (Å²) in [6.07, 6.45) is 4.26. The molecular formula is C26H32FNO5S. The summed E-state index contributed by atoms with van der Waals surface area (Å²) in [7, 11) is -3.94. The zero-order chi connectivity index (χ0) is 24.4. The molecule has 0 saturated heterocycles. The van der Waals surface area contributed by atoms with Crippen LogP contribution in [0.25, 0.3) is 0 Å². The summed E-state index contributed by atoms with van der Waals surface area (Å²) in [6.45, 7) is 4.22. The number of alkyl halides is 1. The molecular weight excluding hydrogens is 457 g/mol. The molecule has 0 heterocycles. The summed E-state index contributed by atoms with van der Waals surface area (Å²) in [6, 6.07) is 5.52. The number of rotatable bonds is 3. The van der Waals surface area contributed by atoms with Crippen LogP contribution in [-0.2, 0) is 19.6 Å². The zero-order valence-corrected chi connectivity index (χ0v) is 20.4. The second-order valence-electron chi connectivity index (χ2n) is 11.0. The number of fused-ring (bicyclic) bond motifs is 5. The van der Waals surface area contributed by atoms with Crippen LogP contribution in [0.4, 0.5) is 4.39 Å². The molecule has 2 N–H and O–H groups in total. The summed E-state index contributed by atoms with van der Waals surface area (Å²) in [5.41, 5.74) is 0.775. The van der Waals surface area contributed by atoms with Gasteiger partial charge in [-0.25, -0.2) is 22.7 Å². The number of carbonyl (C=O) groups excluding carboxylic acids is 2. The first kappa shape index (κ1) is 23.7. The lowest BCUT2D eigenvalue weighted by molar-refractivity contribution is -0.121. The molecule has 6 nitrogen and oxygen atoms in total. The van der Waals surface area contributed by atoms with E-state index in [-0.39, 0.29) is 45.8 Å². The third-order valence-electron chi connectivity index (χ3n) is 9.14. The molecule has 8 heteroatoms. The van der Waals surface area contributed by atoms with E-state index in [0.717, 1.165) is 24.8 Å². The van der Waals surface area contributed by atoms with Gasteiger partial charge in [-0.2, -0.15) is 0 Å². The van der Waals surface area contributed by atoms with Crippen molar-refractivity contribution >= 4 is 21.8 Å². The normalized spacial score (nSPS) is 39.5. The molecule has 3 fully saturated rings. The van der Waals surface area contributed by atoms with Crippen LogP contribution in [0, 0.1) is 35.0 Å². The Bertz CT molecular complexity index is 1160. The number of allylic oxidation sites excluding steroid dienone is 1. The number of esters is 1. The Morgan fingerprint density at radius 1 is 1.21 bits per heavy atom. The van der Waals surface area contributed by atoms with E-state index in [9.17, 15) is 18.0 Å². The van der Waals surface area contributed by atoms with E-state index in [1.54, 1.807) is 6.08 Å². The SMILES string of the molecule is C[C@@H]1CC2=CC(=O)CCC2C2C1C1CC[C@H](OC(=O)c3cccc(S(N)(=O)=O)c3)[C@@]1(C)C[C@@H]2F. The molecule has 0 amide bonds. The van der Waals surface area contributed by atoms with Crippen LogP contribution in [-0.4, -0.2) is 32.4 Å². The number of benzene rings is 1. The molecule has 34 heavy (non-hydrogen) atoms. The average Bonchev–Trinajstić information content (AvgIpc) is 3.08. The molecule has 0 radical (unpaired) electrons. The van der Waals surface area contributed by atoms with Gasteiger partial charge in [0.15, 0.2) is 5.78 Å². The van der Waals surface area contributed by atoms with E-state index in [1.165, 1.54) is 24.3 Å². The van der Waals surface area contributed by atoms with Gasteiger partial charge in [-0.05, 0) is 80.1 Å². The van der Waals surface area contributed by atoms with E-state index in [0.29, 0.717) is 19.3 Å². The van der Waals surface area contributed by atoms with Crippen molar-refractivity contribution in [1.29, 1.82) is 0 Å². The number of ketones is 1. The van der Waals surface area contributed by atoms with E-state index < -0.39 is 33.7 Å². The van der Waals surface area contributed by atoms with E-state index in [4.69, 9.17) is 9.88 Å². The van der Waals surface area contributed by atoms with Gasteiger partial charge in [0.2, 0.25) is 10.0 Å². The smallest absolute Gasteiger partial charge is 0.338 e. The molecule has 1 aromatic carbocycles. The van der Waals surface area contributed by atoms with Crippen LogP contribution in [0.5, 0.6) is 0 Å². The summed E-state index contributed by atoms with van der Waals surface area (Å²) < 4.78 is 45.2. The Kier molecular flexibility index (Phi) is 5.75. The van der Waals surface area contributed by atoms with Gasteiger partial charge in [-0.15, -0.1) is 0 Å². The number of ether oxygens (including phenoxy) is 1. The third kappa shape index (κ3) is 3.83. The van der Waals surface area contributed by atoms with E-state index in [2.05, 4.69) is 13.8 Å². The fourth-order valence-corrected chi connectivity index (χ4v) is 8.28.